The van der Waals surface area contributed by atoms with Crippen molar-refractivity contribution in [3.8, 4) is 17.2 Å². The average Bonchev–Trinajstić information content (AvgIpc) is 3.92. The van der Waals surface area contributed by atoms with Gasteiger partial charge in [-0.05, 0) is 102 Å². The highest BCUT2D eigenvalue weighted by molar-refractivity contribution is 5.93. The number of hydrogen-bond donors (Lipinski definition) is 0. The van der Waals surface area contributed by atoms with Crippen LogP contribution in [0, 0.1) is 0 Å². The Labute approximate surface area is 434 Å². The van der Waals surface area contributed by atoms with Gasteiger partial charge in [-0.1, -0.05) is 197 Å². The lowest BCUT2D eigenvalue weighted by Gasteiger charge is -2.28. The van der Waals surface area contributed by atoms with Gasteiger partial charge in [0.1, 0.15) is 35.0 Å². The van der Waals surface area contributed by atoms with E-state index in [4.69, 9.17) is 14.2 Å². The van der Waals surface area contributed by atoms with Crippen LogP contribution in [0.2, 0.25) is 0 Å². The summed E-state index contributed by atoms with van der Waals surface area (Å²) >= 11 is 0. The van der Waals surface area contributed by atoms with Crippen molar-refractivity contribution < 1.29 is 28.6 Å². The van der Waals surface area contributed by atoms with Gasteiger partial charge in [-0.25, -0.2) is 0 Å². The molecule has 380 valence electrons. The van der Waals surface area contributed by atoms with E-state index in [9.17, 15) is 14.4 Å². The molecule has 6 aromatic rings. The highest BCUT2D eigenvalue weighted by atomic mass is 16.6. The lowest BCUT2D eigenvalue weighted by atomic mass is 9.77. The monoisotopic (exact) mass is 978 g/mol. The molecular formula is C66H75NO6. The number of benzene rings is 6. The predicted octanol–water partition coefficient (Wildman–Crippen LogP) is 16.1. The first kappa shape index (κ1) is 51.4. The van der Waals surface area contributed by atoms with Crippen molar-refractivity contribution in [1.82, 2.24) is 0 Å². The van der Waals surface area contributed by atoms with Gasteiger partial charge in [0.25, 0.3) is 0 Å². The molecule has 0 fully saturated rings. The van der Waals surface area contributed by atoms with Crippen LogP contribution in [-0.2, 0) is 46.9 Å². The number of ether oxygens (including phenoxy) is 3. The average molecular weight is 978 g/mol. The quantitative estimate of drug-likeness (QED) is 0.121. The first-order chi connectivity index (χ1) is 33.7. The van der Waals surface area contributed by atoms with Gasteiger partial charge in [0.15, 0.2) is 0 Å². The molecule has 7 heteroatoms. The van der Waals surface area contributed by atoms with Crippen molar-refractivity contribution >= 4 is 35.0 Å². The number of fused-ring (bicyclic) bond motifs is 3. The summed E-state index contributed by atoms with van der Waals surface area (Å²) < 4.78 is 18.5. The third kappa shape index (κ3) is 9.42. The number of esters is 3. The smallest absolute Gasteiger partial charge is 0.323 e. The predicted molar refractivity (Wildman–Crippen MR) is 295 cm³/mol. The van der Waals surface area contributed by atoms with E-state index in [0.29, 0.717) is 17.2 Å². The van der Waals surface area contributed by atoms with Gasteiger partial charge >= 0.3 is 17.9 Å². The highest BCUT2D eigenvalue weighted by Gasteiger charge is 2.43. The Morgan fingerprint density at radius 2 is 0.534 bits per heavy atom. The SMILES string of the molecule is CC(C)(C)c1cc2c(c(C(C)(C)C)c1)OC(=O)C2c1ccc(N(c2ccc(C3C(=O)Oc4c3cc(C(C)(C)C)cc4C(C)(C)C)cc2)c2ccc(C3C(=O)Oc4c3cc(C(C)(C)C)cc4C(C)(C)C)cc2)cc1. The van der Waals surface area contributed by atoms with Crippen molar-refractivity contribution in [3.05, 3.63) is 176 Å². The molecule has 3 unspecified atom stereocenters. The van der Waals surface area contributed by atoms with Crippen LogP contribution >= 0.6 is 0 Å². The molecule has 3 aliphatic rings. The number of rotatable bonds is 6. The van der Waals surface area contributed by atoms with Gasteiger partial charge in [-0.2, -0.15) is 0 Å². The largest absolute Gasteiger partial charge is 0.425 e. The van der Waals surface area contributed by atoms with Gasteiger partial charge in [0.2, 0.25) is 0 Å². The molecule has 9 rings (SSSR count). The van der Waals surface area contributed by atoms with E-state index in [2.05, 4.69) is 202 Å². The zero-order chi connectivity index (χ0) is 53.3. The normalized spacial score (nSPS) is 18.0. The van der Waals surface area contributed by atoms with E-state index in [1.807, 2.05) is 36.4 Å². The second kappa shape index (κ2) is 17.3. The number of carbonyl (C=O) groups excluding carboxylic acids is 3. The molecule has 0 bridgehead atoms. The third-order valence-electron chi connectivity index (χ3n) is 15.1. The minimum absolute atomic E-state index is 0.140. The molecule has 73 heavy (non-hydrogen) atoms. The van der Waals surface area contributed by atoms with Crippen LogP contribution in [0.5, 0.6) is 17.2 Å². The molecule has 0 aliphatic carbocycles. The first-order valence-corrected chi connectivity index (χ1v) is 26.0. The molecule has 0 aromatic heterocycles. The maximum Gasteiger partial charge on any atom is 0.323 e. The topological polar surface area (TPSA) is 82.1 Å². The zero-order valence-electron chi connectivity index (χ0n) is 46.5. The molecule has 0 amide bonds. The number of nitrogens with zero attached hydrogens (tertiary/aromatic N) is 1. The number of anilines is 3. The fourth-order valence-electron chi connectivity index (χ4n) is 10.6. The molecule has 3 aliphatic heterocycles. The van der Waals surface area contributed by atoms with Crippen LogP contribution in [0.25, 0.3) is 0 Å². The Hall–Kier alpha value is -6.47. The summed E-state index contributed by atoms with van der Waals surface area (Å²) in [6, 6.07) is 37.6. The Morgan fingerprint density at radius 1 is 0.315 bits per heavy atom. The van der Waals surface area contributed by atoms with Crippen molar-refractivity contribution in [3.63, 3.8) is 0 Å². The van der Waals surface area contributed by atoms with Crippen LogP contribution in [0.1, 0.15) is 209 Å². The number of carbonyl (C=O) groups is 3. The van der Waals surface area contributed by atoms with Crippen molar-refractivity contribution in [2.75, 3.05) is 4.90 Å². The fraction of sp³-hybridized carbons (Fsp3) is 0.409. The van der Waals surface area contributed by atoms with E-state index in [1.54, 1.807) is 0 Å². The summed E-state index contributed by atoms with van der Waals surface area (Å²) in [4.78, 5) is 44.1. The van der Waals surface area contributed by atoms with Crippen LogP contribution in [-0.4, -0.2) is 17.9 Å². The zero-order valence-corrected chi connectivity index (χ0v) is 46.5. The van der Waals surface area contributed by atoms with Gasteiger partial charge in [0, 0.05) is 50.4 Å². The molecule has 7 nitrogen and oxygen atoms in total. The van der Waals surface area contributed by atoms with Crippen LogP contribution in [0.3, 0.4) is 0 Å². The van der Waals surface area contributed by atoms with Crippen molar-refractivity contribution in [2.24, 2.45) is 0 Å². The van der Waals surface area contributed by atoms with Crippen molar-refractivity contribution in [2.45, 2.75) is 175 Å². The molecule has 0 N–H and O–H groups in total. The summed E-state index contributed by atoms with van der Waals surface area (Å²) in [5.74, 6) is -0.611. The Kier molecular flexibility index (Phi) is 12.2. The Balaban J connectivity index is 1.14. The minimum Gasteiger partial charge on any atom is -0.425 e. The van der Waals surface area contributed by atoms with Crippen LogP contribution in [0.15, 0.2) is 109 Å². The molecule has 0 radical (unpaired) electrons. The van der Waals surface area contributed by atoms with E-state index < -0.39 is 17.8 Å². The standard InChI is InChI=1S/C66H75NO6/c1-61(2,3)40-31-46-52(58(68)71-55(46)49(34-40)64(10,11)12)37-19-25-43(26-20-37)67(44-27-21-38(22-28-44)53-47-32-41(62(4,5)6)35-50(65(13,14)15)56(47)72-59(53)69)45-29-23-39(24-30-45)54-48-33-42(63(7,8)9)36-51(66(16,17)18)57(48)73-60(54)70/h19-36,52-54H,1-18H3. The molecule has 6 aromatic carbocycles. The highest BCUT2D eigenvalue weighted by Crippen LogP contribution is 2.51. The van der Waals surface area contributed by atoms with Crippen molar-refractivity contribution in [1.29, 1.82) is 0 Å². The van der Waals surface area contributed by atoms with Crippen LogP contribution < -0.4 is 19.1 Å². The molecule has 3 heterocycles. The Morgan fingerprint density at radius 3 is 0.726 bits per heavy atom. The maximum absolute atomic E-state index is 14.0. The van der Waals surface area contributed by atoms with Gasteiger partial charge in [-0.15, -0.1) is 0 Å². The molecule has 0 saturated heterocycles. The third-order valence-corrected chi connectivity index (χ3v) is 15.1. The summed E-state index contributed by atoms with van der Waals surface area (Å²) in [5, 5.41) is 0. The Bertz CT molecular complexity index is 2840. The summed E-state index contributed by atoms with van der Waals surface area (Å²) in [6.07, 6.45) is 0. The van der Waals surface area contributed by atoms with Gasteiger partial charge in [-0.3, -0.25) is 14.4 Å². The second-order valence-corrected chi connectivity index (χ2v) is 27.0. The fourth-order valence-corrected chi connectivity index (χ4v) is 10.6. The summed E-state index contributed by atoms with van der Waals surface area (Å²) in [7, 11) is 0. The number of hydrogen-bond acceptors (Lipinski definition) is 7. The van der Waals surface area contributed by atoms with E-state index in [0.717, 1.165) is 83.8 Å². The second-order valence-electron chi connectivity index (χ2n) is 27.0. The summed E-state index contributed by atoms with van der Waals surface area (Å²) in [5.41, 5.74) is 13.2. The summed E-state index contributed by atoms with van der Waals surface area (Å²) in [6.45, 7) is 39.2. The van der Waals surface area contributed by atoms with E-state index >= 15 is 0 Å². The first-order valence-electron chi connectivity index (χ1n) is 26.0. The van der Waals surface area contributed by atoms with E-state index in [-0.39, 0.29) is 50.4 Å². The van der Waals surface area contributed by atoms with Crippen LogP contribution in [0.4, 0.5) is 17.1 Å². The lowest BCUT2D eigenvalue weighted by Crippen LogP contribution is -2.17. The van der Waals surface area contributed by atoms with E-state index in [1.165, 1.54) is 0 Å². The molecule has 0 saturated carbocycles. The van der Waals surface area contributed by atoms with Gasteiger partial charge in [0.05, 0.1) is 0 Å². The minimum atomic E-state index is -0.585. The molecular weight excluding hydrogens is 903 g/mol. The lowest BCUT2D eigenvalue weighted by molar-refractivity contribution is -0.134. The molecule has 0 spiro atoms. The molecule has 3 atom stereocenters. The van der Waals surface area contributed by atoms with Gasteiger partial charge < -0.3 is 19.1 Å². The maximum atomic E-state index is 14.0.